The normalized spacial score (nSPS) is 25.0. The van der Waals surface area contributed by atoms with Gasteiger partial charge in [-0.15, -0.1) is 5.10 Å². The Morgan fingerprint density at radius 2 is 2.18 bits per heavy atom. The van der Waals surface area contributed by atoms with E-state index < -0.39 is 15.1 Å². The van der Waals surface area contributed by atoms with Crippen LogP contribution in [0.1, 0.15) is 32.2 Å². The third-order valence-corrected chi connectivity index (χ3v) is 6.65. The molecule has 1 aromatic heterocycles. The number of sulfone groups is 1. The zero-order valence-electron chi connectivity index (χ0n) is 12.1. The lowest BCUT2D eigenvalue weighted by Gasteiger charge is -2.15. The lowest BCUT2D eigenvalue weighted by molar-refractivity contribution is -0.120. The summed E-state index contributed by atoms with van der Waals surface area (Å²) in [4.78, 5) is 23.9. The molecule has 0 radical (unpaired) electrons. The highest BCUT2D eigenvalue weighted by Gasteiger charge is 2.32. The zero-order valence-corrected chi connectivity index (χ0v) is 13.7. The van der Waals surface area contributed by atoms with Crippen LogP contribution in [0.2, 0.25) is 0 Å². The topological polar surface area (TPSA) is 114 Å². The fourth-order valence-corrected chi connectivity index (χ4v) is 5.08. The number of thioether (sulfide) groups is 1. The number of amides is 1. The standard InChI is InChI=1S/C12H18N4O4S2/c1-7(10(17)13-8-4-5-22(19,20)6-8)21-12-15-14-11(18)16(12)9-2-3-9/h7-9H,2-6H2,1H3,(H,13,17)(H,14,18)/t7-,8+/m0/s1. The summed E-state index contributed by atoms with van der Waals surface area (Å²) in [6, 6.07) is -0.130. The van der Waals surface area contributed by atoms with Gasteiger partial charge < -0.3 is 5.32 Å². The summed E-state index contributed by atoms with van der Waals surface area (Å²) < 4.78 is 24.4. The molecule has 1 saturated heterocycles. The number of aromatic amines is 1. The molecule has 122 valence electrons. The number of hydrogen-bond donors (Lipinski definition) is 2. The van der Waals surface area contributed by atoms with Gasteiger partial charge in [-0.2, -0.15) is 0 Å². The van der Waals surface area contributed by atoms with Crippen molar-refractivity contribution >= 4 is 27.5 Å². The number of carbonyl (C=O) groups is 1. The van der Waals surface area contributed by atoms with Gasteiger partial charge in [-0.05, 0) is 26.2 Å². The van der Waals surface area contributed by atoms with Gasteiger partial charge in [-0.3, -0.25) is 9.36 Å². The van der Waals surface area contributed by atoms with E-state index in [4.69, 9.17) is 0 Å². The molecule has 2 N–H and O–H groups in total. The molecule has 1 saturated carbocycles. The molecule has 0 bridgehead atoms. The van der Waals surface area contributed by atoms with E-state index in [0.717, 1.165) is 12.8 Å². The number of H-pyrrole nitrogens is 1. The van der Waals surface area contributed by atoms with Crippen LogP contribution in [0, 0.1) is 0 Å². The molecule has 22 heavy (non-hydrogen) atoms. The summed E-state index contributed by atoms with van der Waals surface area (Å²) in [5, 5.41) is 9.20. The van der Waals surface area contributed by atoms with Crippen molar-refractivity contribution in [3.05, 3.63) is 10.5 Å². The number of nitrogens with zero attached hydrogens (tertiary/aromatic N) is 2. The summed E-state index contributed by atoms with van der Waals surface area (Å²) in [6.07, 6.45) is 2.36. The molecule has 10 heteroatoms. The van der Waals surface area contributed by atoms with E-state index in [1.54, 1.807) is 11.5 Å². The first-order valence-electron chi connectivity index (χ1n) is 7.20. The van der Waals surface area contributed by atoms with Crippen molar-refractivity contribution in [3.63, 3.8) is 0 Å². The Morgan fingerprint density at radius 3 is 2.77 bits per heavy atom. The van der Waals surface area contributed by atoms with Gasteiger partial charge in [0.1, 0.15) is 0 Å². The summed E-state index contributed by atoms with van der Waals surface area (Å²) in [5.41, 5.74) is -0.250. The largest absolute Gasteiger partial charge is 0.351 e. The Balaban J connectivity index is 1.61. The highest BCUT2D eigenvalue weighted by atomic mass is 32.2. The average molecular weight is 346 g/mol. The molecule has 0 aromatic carbocycles. The Labute approximate surface area is 132 Å². The van der Waals surface area contributed by atoms with Gasteiger partial charge in [0.2, 0.25) is 5.91 Å². The van der Waals surface area contributed by atoms with E-state index in [1.807, 2.05) is 0 Å². The molecular formula is C12H18N4O4S2. The van der Waals surface area contributed by atoms with Crippen LogP contribution < -0.4 is 11.0 Å². The number of rotatable bonds is 5. The first-order valence-corrected chi connectivity index (χ1v) is 9.90. The van der Waals surface area contributed by atoms with Gasteiger partial charge in [-0.1, -0.05) is 11.8 Å². The first kappa shape index (κ1) is 15.6. The van der Waals surface area contributed by atoms with Gasteiger partial charge >= 0.3 is 5.69 Å². The predicted molar refractivity (Wildman–Crippen MR) is 81.6 cm³/mol. The molecule has 1 aromatic rings. The SMILES string of the molecule is C[C@H](Sc1n[nH]c(=O)n1C1CC1)C(=O)N[C@@H]1CCS(=O)(=O)C1. The second-order valence-electron chi connectivity index (χ2n) is 5.78. The molecule has 1 aliphatic heterocycles. The van der Waals surface area contributed by atoms with Crippen molar-refractivity contribution in [2.75, 3.05) is 11.5 Å². The molecule has 2 atom stereocenters. The van der Waals surface area contributed by atoms with Crippen LogP contribution in [0.25, 0.3) is 0 Å². The maximum atomic E-state index is 12.2. The van der Waals surface area contributed by atoms with E-state index in [0.29, 0.717) is 11.6 Å². The molecule has 1 aliphatic carbocycles. The van der Waals surface area contributed by atoms with E-state index >= 15 is 0 Å². The third-order valence-electron chi connectivity index (χ3n) is 3.81. The number of carbonyl (C=O) groups excluding carboxylic acids is 1. The smallest absolute Gasteiger partial charge is 0.344 e. The van der Waals surface area contributed by atoms with Crippen LogP contribution in [0.3, 0.4) is 0 Å². The van der Waals surface area contributed by atoms with Gasteiger partial charge in [0, 0.05) is 12.1 Å². The molecule has 2 heterocycles. The van der Waals surface area contributed by atoms with Crippen molar-refractivity contribution in [3.8, 4) is 0 Å². The lowest BCUT2D eigenvalue weighted by atomic mass is 10.2. The van der Waals surface area contributed by atoms with E-state index in [1.165, 1.54) is 11.8 Å². The summed E-state index contributed by atoms with van der Waals surface area (Å²) in [7, 11) is -3.02. The van der Waals surface area contributed by atoms with E-state index in [2.05, 4.69) is 15.5 Å². The Hall–Kier alpha value is -1.29. The lowest BCUT2D eigenvalue weighted by Crippen LogP contribution is -2.40. The minimum absolute atomic E-state index is 0.00527. The molecule has 1 amide bonds. The maximum Gasteiger partial charge on any atom is 0.344 e. The fourth-order valence-electron chi connectivity index (χ4n) is 2.47. The fraction of sp³-hybridized carbons (Fsp3) is 0.750. The van der Waals surface area contributed by atoms with Gasteiger partial charge in [0.15, 0.2) is 15.0 Å². The third kappa shape index (κ3) is 3.37. The zero-order chi connectivity index (χ0) is 15.9. The van der Waals surface area contributed by atoms with Crippen LogP contribution in [0.5, 0.6) is 0 Å². The molecule has 8 nitrogen and oxygen atoms in total. The second-order valence-corrected chi connectivity index (χ2v) is 9.32. The van der Waals surface area contributed by atoms with Crippen LogP contribution in [-0.2, 0) is 14.6 Å². The molecular weight excluding hydrogens is 328 g/mol. The van der Waals surface area contributed by atoms with E-state index in [9.17, 15) is 18.0 Å². The average Bonchev–Trinajstić information content (AvgIpc) is 3.12. The molecule has 0 unspecified atom stereocenters. The minimum Gasteiger partial charge on any atom is -0.351 e. The highest BCUT2D eigenvalue weighted by Crippen LogP contribution is 2.36. The Bertz CT molecular complexity index is 735. The minimum atomic E-state index is -3.02. The van der Waals surface area contributed by atoms with Crippen LogP contribution >= 0.6 is 11.8 Å². The van der Waals surface area contributed by atoms with Gasteiger partial charge in [0.25, 0.3) is 0 Å². The number of aromatic nitrogens is 3. The van der Waals surface area contributed by atoms with Crippen LogP contribution in [0.15, 0.2) is 9.95 Å². The van der Waals surface area contributed by atoms with Crippen molar-refractivity contribution in [1.29, 1.82) is 0 Å². The maximum absolute atomic E-state index is 12.2. The van der Waals surface area contributed by atoms with E-state index in [-0.39, 0.29) is 35.2 Å². The van der Waals surface area contributed by atoms with Gasteiger partial charge in [-0.25, -0.2) is 18.3 Å². The monoisotopic (exact) mass is 346 g/mol. The van der Waals surface area contributed by atoms with Crippen molar-refractivity contribution in [2.24, 2.45) is 0 Å². The van der Waals surface area contributed by atoms with Crippen molar-refractivity contribution in [1.82, 2.24) is 20.1 Å². The summed E-state index contributed by atoms with van der Waals surface area (Å²) >= 11 is 1.21. The Kier molecular flexibility index (Phi) is 4.06. The quantitative estimate of drug-likeness (QED) is 0.707. The molecule has 2 aliphatic rings. The number of hydrogen-bond acceptors (Lipinski definition) is 6. The number of nitrogens with one attached hydrogen (secondary N) is 2. The summed E-state index contributed by atoms with van der Waals surface area (Å²) in [5.74, 6) is -0.101. The molecule has 0 spiro atoms. The molecule has 3 rings (SSSR count). The predicted octanol–water partition coefficient (Wildman–Crippen LogP) is -0.310. The van der Waals surface area contributed by atoms with Crippen LogP contribution in [0.4, 0.5) is 0 Å². The summed E-state index contributed by atoms with van der Waals surface area (Å²) in [6.45, 7) is 1.72. The Morgan fingerprint density at radius 1 is 1.45 bits per heavy atom. The second kappa shape index (κ2) is 5.73. The van der Waals surface area contributed by atoms with Crippen LogP contribution in [-0.4, -0.2) is 51.9 Å². The van der Waals surface area contributed by atoms with Crippen molar-refractivity contribution < 1.29 is 13.2 Å². The highest BCUT2D eigenvalue weighted by molar-refractivity contribution is 8.00. The molecule has 2 fully saturated rings. The first-order chi connectivity index (χ1) is 10.4. The van der Waals surface area contributed by atoms with Gasteiger partial charge in [0.05, 0.1) is 16.8 Å². The van der Waals surface area contributed by atoms with Crippen molar-refractivity contribution in [2.45, 2.75) is 48.7 Å².